The topological polar surface area (TPSA) is 82.1 Å². The number of nitrogens with one attached hydrogen (secondary N) is 1. The Labute approximate surface area is 184 Å². The lowest BCUT2D eigenvalue weighted by Crippen LogP contribution is -2.50. The van der Waals surface area contributed by atoms with E-state index in [0.29, 0.717) is 24.2 Å². The minimum absolute atomic E-state index is 0.197. The van der Waals surface area contributed by atoms with Crippen molar-refractivity contribution in [3.05, 3.63) is 23.8 Å². The average molecular weight is 430 g/mol. The highest BCUT2D eigenvalue weighted by Crippen LogP contribution is 2.44. The Morgan fingerprint density at radius 1 is 1.23 bits per heavy atom. The first-order chi connectivity index (χ1) is 14.9. The number of amides is 2. The molecule has 1 aromatic carbocycles. The van der Waals surface area contributed by atoms with Crippen LogP contribution >= 0.6 is 0 Å². The van der Waals surface area contributed by atoms with Crippen molar-refractivity contribution >= 4 is 23.4 Å². The highest BCUT2D eigenvalue weighted by molar-refractivity contribution is 5.87. The molecule has 2 heterocycles. The summed E-state index contributed by atoms with van der Waals surface area (Å²) in [4.78, 5) is 29.7. The maximum atomic E-state index is 13.5. The van der Waals surface area contributed by atoms with E-state index < -0.39 is 6.09 Å². The second kappa shape index (κ2) is 9.07. The van der Waals surface area contributed by atoms with Gasteiger partial charge in [-0.25, -0.2) is 4.79 Å². The van der Waals surface area contributed by atoms with Gasteiger partial charge in [0, 0.05) is 37.1 Å². The van der Waals surface area contributed by atoms with Gasteiger partial charge < -0.3 is 19.6 Å². The van der Waals surface area contributed by atoms with Crippen LogP contribution in [0.25, 0.3) is 0 Å². The summed E-state index contributed by atoms with van der Waals surface area (Å²) in [6, 6.07) is 6.19. The van der Waals surface area contributed by atoms with Crippen LogP contribution in [0.1, 0.15) is 57.4 Å². The van der Waals surface area contributed by atoms with Gasteiger partial charge in [0.15, 0.2) is 0 Å². The van der Waals surface area contributed by atoms with E-state index >= 15 is 0 Å². The standard InChI is InChI=1S/C24H35N3O4/c1-3-31-23(30)25-18-5-10-21(17(2)15-18)26-13-4-11-24(16-26)12-14-27(22(24)29)19-6-8-20(28)9-7-19/h5,10,15,19-20,28H,3-4,6-9,11-14,16H2,1-2H3,(H,25,30)/t19-,20-,24-/m0/s1. The number of anilines is 2. The first-order valence-electron chi connectivity index (χ1n) is 11.7. The van der Waals surface area contributed by atoms with Gasteiger partial charge in [-0.1, -0.05) is 0 Å². The van der Waals surface area contributed by atoms with Gasteiger partial charge >= 0.3 is 6.09 Å². The summed E-state index contributed by atoms with van der Waals surface area (Å²) in [6.45, 7) is 6.70. The van der Waals surface area contributed by atoms with Crippen LogP contribution in [-0.2, 0) is 9.53 Å². The number of likely N-dealkylation sites (tertiary alicyclic amines) is 1. The Hall–Kier alpha value is -2.28. The SMILES string of the molecule is CCOC(=O)Nc1ccc(N2CCC[C@]3(CCN([C@H]4CC[C@H](O)CC4)C3=O)C2)c(C)c1. The van der Waals surface area contributed by atoms with E-state index in [1.54, 1.807) is 6.92 Å². The Kier molecular flexibility index (Phi) is 6.42. The summed E-state index contributed by atoms with van der Waals surface area (Å²) in [5, 5.41) is 12.6. The molecule has 1 aliphatic carbocycles. The number of aliphatic hydroxyl groups is 1. The van der Waals surface area contributed by atoms with E-state index in [1.807, 2.05) is 25.1 Å². The molecule has 4 rings (SSSR count). The van der Waals surface area contributed by atoms with Crippen LogP contribution in [0.5, 0.6) is 0 Å². The van der Waals surface area contributed by atoms with Gasteiger partial charge in [0.05, 0.1) is 18.1 Å². The van der Waals surface area contributed by atoms with Crippen molar-refractivity contribution in [3.63, 3.8) is 0 Å². The molecular weight excluding hydrogens is 394 g/mol. The maximum absolute atomic E-state index is 13.5. The van der Waals surface area contributed by atoms with Crippen molar-refractivity contribution < 1.29 is 19.4 Å². The Morgan fingerprint density at radius 2 is 2.00 bits per heavy atom. The molecule has 1 spiro atoms. The molecule has 3 fully saturated rings. The van der Waals surface area contributed by atoms with Crippen molar-refractivity contribution in [1.82, 2.24) is 4.90 Å². The minimum Gasteiger partial charge on any atom is -0.450 e. The zero-order valence-corrected chi connectivity index (χ0v) is 18.7. The summed E-state index contributed by atoms with van der Waals surface area (Å²) in [5.74, 6) is 0.317. The molecule has 7 nitrogen and oxygen atoms in total. The Morgan fingerprint density at radius 3 is 2.71 bits per heavy atom. The molecular formula is C24H35N3O4. The zero-order valence-electron chi connectivity index (χ0n) is 18.7. The first-order valence-corrected chi connectivity index (χ1v) is 11.7. The lowest BCUT2D eigenvalue weighted by atomic mass is 9.78. The van der Waals surface area contributed by atoms with Gasteiger partial charge in [0.2, 0.25) is 5.91 Å². The van der Waals surface area contributed by atoms with Crippen LogP contribution < -0.4 is 10.2 Å². The number of benzene rings is 1. The van der Waals surface area contributed by atoms with Gasteiger partial charge in [-0.05, 0) is 82.6 Å². The number of aliphatic hydroxyl groups excluding tert-OH is 1. The third-order valence-corrected chi connectivity index (χ3v) is 7.29. The van der Waals surface area contributed by atoms with Crippen LogP contribution in [0.2, 0.25) is 0 Å². The van der Waals surface area contributed by atoms with E-state index in [0.717, 1.165) is 75.8 Å². The molecule has 0 unspecified atom stereocenters. The van der Waals surface area contributed by atoms with Crippen molar-refractivity contribution in [3.8, 4) is 0 Å². The second-order valence-electron chi connectivity index (χ2n) is 9.36. The van der Waals surface area contributed by atoms with Crippen LogP contribution in [0.3, 0.4) is 0 Å². The predicted octanol–water partition coefficient (Wildman–Crippen LogP) is 3.69. The number of hydrogen-bond donors (Lipinski definition) is 2. The van der Waals surface area contributed by atoms with E-state index in [1.165, 1.54) is 0 Å². The normalized spacial score (nSPS) is 28.8. The number of carbonyl (C=O) groups excluding carboxylic acids is 2. The molecule has 2 amide bonds. The van der Waals surface area contributed by atoms with Gasteiger partial charge in [-0.2, -0.15) is 0 Å². The van der Waals surface area contributed by atoms with Crippen molar-refractivity contribution in [1.29, 1.82) is 0 Å². The molecule has 2 aliphatic heterocycles. The lowest BCUT2D eigenvalue weighted by molar-refractivity contribution is -0.139. The monoisotopic (exact) mass is 429 g/mol. The highest BCUT2D eigenvalue weighted by Gasteiger charge is 2.50. The number of carbonyl (C=O) groups is 2. The average Bonchev–Trinajstić information content (AvgIpc) is 3.04. The highest BCUT2D eigenvalue weighted by atomic mass is 16.5. The minimum atomic E-state index is -0.446. The molecule has 1 saturated carbocycles. The summed E-state index contributed by atoms with van der Waals surface area (Å²) in [6.07, 6.45) is 5.68. The quantitative estimate of drug-likeness (QED) is 0.763. The number of hydrogen-bond acceptors (Lipinski definition) is 5. The maximum Gasteiger partial charge on any atom is 0.411 e. The zero-order chi connectivity index (χ0) is 22.0. The number of aryl methyl sites for hydroxylation is 1. The van der Waals surface area contributed by atoms with Crippen LogP contribution in [0.4, 0.5) is 16.2 Å². The van der Waals surface area contributed by atoms with Crippen molar-refractivity contribution in [2.75, 3.05) is 36.5 Å². The molecule has 1 aromatic rings. The molecule has 31 heavy (non-hydrogen) atoms. The van der Waals surface area contributed by atoms with E-state index in [4.69, 9.17) is 4.74 Å². The third-order valence-electron chi connectivity index (χ3n) is 7.29. The van der Waals surface area contributed by atoms with Gasteiger partial charge in [0.1, 0.15) is 0 Å². The number of ether oxygens (including phenoxy) is 1. The smallest absolute Gasteiger partial charge is 0.411 e. The fourth-order valence-electron chi connectivity index (χ4n) is 5.65. The Bertz CT molecular complexity index is 821. The van der Waals surface area contributed by atoms with Crippen LogP contribution in [-0.4, -0.2) is 60.4 Å². The molecule has 1 atom stereocenters. The summed E-state index contributed by atoms with van der Waals surface area (Å²) < 4.78 is 4.96. The van der Waals surface area contributed by atoms with Crippen molar-refractivity contribution in [2.45, 2.75) is 70.9 Å². The summed E-state index contributed by atoms with van der Waals surface area (Å²) in [7, 11) is 0. The second-order valence-corrected chi connectivity index (χ2v) is 9.36. The lowest BCUT2D eigenvalue weighted by Gasteiger charge is -2.42. The van der Waals surface area contributed by atoms with E-state index in [-0.39, 0.29) is 11.5 Å². The molecule has 2 saturated heterocycles. The molecule has 0 bridgehead atoms. The molecule has 3 aliphatic rings. The third kappa shape index (κ3) is 4.52. The molecule has 0 aromatic heterocycles. The fraction of sp³-hybridized carbons (Fsp3) is 0.667. The number of nitrogens with zero attached hydrogens (tertiary/aromatic N) is 2. The first kappa shape index (κ1) is 21.9. The fourth-order valence-corrected chi connectivity index (χ4v) is 5.65. The Balaban J connectivity index is 1.45. The molecule has 170 valence electrons. The predicted molar refractivity (Wildman–Crippen MR) is 120 cm³/mol. The van der Waals surface area contributed by atoms with Gasteiger partial charge in [0.25, 0.3) is 0 Å². The molecule has 0 radical (unpaired) electrons. The molecule has 2 N–H and O–H groups in total. The van der Waals surface area contributed by atoms with Gasteiger partial charge in [-0.3, -0.25) is 10.1 Å². The molecule has 7 heteroatoms. The van der Waals surface area contributed by atoms with Crippen LogP contribution in [0, 0.1) is 12.3 Å². The van der Waals surface area contributed by atoms with E-state index in [9.17, 15) is 14.7 Å². The number of piperidine rings is 1. The summed E-state index contributed by atoms with van der Waals surface area (Å²) in [5.41, 5.74) is 2.63. The largest absolute Gasteiger partial charge is 0.450 e. The van der Waals surface area contributed by atoms with Gasteiger partial charge in [-0.15, -0.1) is 0 Å². The number of rotatable bonds is 4. The van der Waals surface area contributed by atoms with E-state index in [2.05, 4.69) is 15.1 Å². The van der Waals surface area contributed by atoms with Crippen molar-refractivity contribution in [2.24, 2.45) is 5.41 Å². The summed E-state index contributed by atoms with van der Waals surface area (Å²) >= 11 is 0. The van der Waals surface area contributed by atoms with Crippen LogP contribution in [0.15, 0.2) is 18.2 Å².